The Bertz CT molecular complexity index is 578. The van der Waals surface area contributed by atoms with Crippen LogP contribution in [-0.4, -0.2) is 15.0 Å². The van der Waals surface area contributed by atoms with E-state index in [1.54, 1.807) is 6.07 Å². The average molecular weight is 296 g/mol. The fourth-order valence-electron chi connectivity index (χ4n) is 2.55. The van der Waals surface area contributed by atoms with E-state index in [1.807, 2.05) is 19.9 Å². The molecule has 1 aromatic rings. The minimum absolute atomic E-state index is 0.353. The molecule has 1 aliphatic carbocycles. The van der Waals surface area contributed by atoms with Crippen molar-refractivity contribution >= 4 is 10.0 Å². The molecule has 1 fully saturated rings. The van der Waals surface area contributed by atoms with Gasteiger partial charge in [-0.15, -0.1) is 0 Å². The maximum Gasteiger partial charge on any atom is 0.240 e. The Labute approximate surface area is 121 Å². The van der Waals surface area contributed by atoms with Crippen molar-refractivity contribution < 1.29 is 8.42 Å². The number of rotatable bonds is 6. The third kappa shape index (κ3) is 3.40. The van der Waals surface area contributed by atoms with Crippen molar-refractivity contribution in [3.8, 4) is 0 Å². The first-order valence-corrected chi connectivity index (χ1v) is 8.72. The van der Waals surface area contributed by atoms with E-state index in [-0.39, 0.29) is 0 Å². The summed E-state index contributed by atoms with van der Waals surface area (Å²) in [6.45, 7) is 4.64. The maximum atomic E-state index is 12.4. The van der Waals surface area contributed by atoms with Crippen LogP contribution in [0.4, 0.5) is 0 Å². The highest BCUT2D eigenvalue weighted by atomic mass is 32.2. The molecule has 0 unspecified atom stereocenters. The van der Waals surface area contributed by atoms with Crippen LogP contribution in [-0.2, 0) is 16.6 Å². The summed E-state index contributed by atoms with van der Waals surface area (Å²) in [6, 6.07) is 3.64. The molecule has 0 aromatic heterocycles. The fraction of sp³-hybridized carbons (Fsp3) is 0.600. The number of aryl methyl sites for hydroxylation is 1. The lowest BCUT2D eigenvalue weighted by Gasteiger charge is -2.25. The Hall–Kier alpha value is -0.910. The SMILES string of the molecule is Cc1cc(CN)cc(S(=O)(=O)NCCC2CCC2)c1C. The van der Waals surface area contributed by atoms with Gasteiger partial charge in [0.05, 0.1) is 4.90 Å². The number of hydrogen-bond acceptors (Lipinski definition) is 3. The molecule has 0 radical (unpaired) electrons. The normalized spacial score (nSPS) is 16.1. The van der Waals surface area contributed by atoms with Gasteiger partial charge in [0.1, 0.15) is 0 Å². The zero-order valence-electron chi connectivity index (χ0n) is 12.3. The van der Waals surface area contributed by atoms with Gasteiger partial charge in [0.2, 0.25) is 10.0 Å². The second kappa shape index (κ2) is 6.24. The summed E-state index contributed by atoms with van der Waals surface area (Å²) in [7, 11) is -3.43. The molecule has 0 bridgehead atoms. The number of benzene rings is 1. The van der Waals surface area contributed by atoms with Crippen molar-refractivity contribution in [2.45, 2.75) is 51.0 Å². The van der Waals surface area contributed by atoms with E-state index in [1.165, 1.54) is 19.3 Å². The van der Waals surface area contributed by atoms with Crippen molar-refractivity contribution in [2.24, 2.45) is 11.7 Å². The fourth-order valence-corrected chi connectivity index (χ4v) is 3.97. The zero-order chi connectivity index (χ0) is 14.8. The number of nitrogens with two attached hydrogens (primary N) is 1. The molecule has 20 heavy (non-hydrogen) atoms. The first kappa shape index (κ1) is 15.5. The number of hydrogen-bond donors (Lipinski definition) is 2. The van der Waals surface area contributed by atoms with E-state index in [9.17, 15) is 8.42 Å². The standard InChI is InChI=1S/C15H24N2O2S/c1-11-8-14(10-16)9-15(12(11)2)20(18,19)17-7-6-13-4-3-5-13/h8-9,13,17H,3-7,10,16H2,1-2H3. The molecular formula is C15H24N2O2S. The summed E-state index contributed by atoms with van der Waals surface area (Å²) in [4.78, 5) is 0.367. The minimum atomic E-state index is -3.43. The van der Waals surface area contributed by atoms with Crippen molar-refractivity contribution in [2.75, 3.05) is 6.54 Å². The maximum absolute atomic E-state index is 12.4. The average Bonchev–Trinajstić information content (AvgIpc) is 2.35. The van der Waals surface area contributed by atoms with Crippen LogP contribution in [0.5, 0.6) is 0 Å². The Morgan fingerprint density at radius 3 is 2.55 bits per heavy atom. The quantitative estimate of drug-likeness (QED) is 0.845. The van der Waals surface area contributed by atoms with Crippen LogP contribution in [0.1, 0.15) is 42.4 Å². The summed E-state index contributed by atoms with van der Waals surface area (Å²) >= 11 is 0. The third-order valence-electron chi connectivity index (χ3n) is 4.27. The van der Waals surface area contributed by atoms with E-state index in [4.69, 9.17) is 5.73 Å². The van der Waals surface area contributed by atoms with Gasteiger partial charge in [-0.05, 0) is 48.9 Å². The predicted molar refractivity (Wildman–Crippen MR) is 81.0 cm³/mol. The highest BCUT2D eigenvalue weighted by Crippen LogP contribution is 2.29. The molecule has 0 atom stereocenters. The molecule has 2 rings (SSSR count). The summed E-state index contributed by atoms with van der Waals surface area (Å²) in [6.07, 6.45) is 4.70. The van der Waals surface area contributed by atoms with Crippen molar-refractivity contribution in [3.63, 3.8) is 0 Å². The highest BCUT2D eigenvalue weighted by molar-refractivity contribution is 7.89. The van der Waals surface area contributed by atoms with Crippen LogP contribution in [0.2, 0.25) is 0 Å². The summed E-state index contributed by atoms with van der Waals surface area (Å²) in [5.41, 5.74) is 8.25. The summed E-state index contributed by atoms with van der Waals surface area (Å²) in [5.74, 6) is 0.705. The predicted octanol–water partition coefficient (Wildman–Crippen LogP) is 2.23. The van der Waals surface area contributed by atoms with Gasteiger partial charge in [-0.3, -0.25) is 0 Å². The van der Waals surface area contributed by atoms with Gasteiger partial charge in [-0.25, -0.2) is 13.1 Å². The summed E-state index contributed by atoms with van der Waals surface area (Å²) < 4.78 is 27.5. The second-order valence-electron chi connectivity index (χ2n) is 5.72. The molecular weight excluding hydrogens is 272 g/mol. The van der Waals surface area contributed by atoms with Gasteiger partial charge < -0.3 is 5.73 Å². The molecule has 0 saturated heterocycles. The number of nitrogens with one attached hydrogen (secondary N) is 1. The van der Waals surface area contributed by atoms with E-state index < -0.39 is 10.0 Å². The summed E-state index contributed by atoms with van der Waals surface area (Å²) in [5, 5.41) is 0. The molecule has 3 N–H and O–H groups in total. The highest BCUT2D eigenvalue weighted by Gasteiger charge is 2.21. The van der Waals surface area contributed by atoms with E-state index in [0.717, 1.165) is 23.1 Å². The second-order valence-corrected chi connectivity index (χ2v) is 7.46. The Morgan fingerprint density at radius 1 is 1.30 bits per heavy atom. The monoisotopic (exact) mass is 296 g/mol. The first-order valence-electron chi connectivity index (χ1n) is 7.24. The third-order valence-corrected chi connectivity index (χ3v) is 5.86. The zero-order valence-corrected chi connectivity index (χ0v) is 13.1. The Morgan fingerprint density at radius 2 is 2.00 bits per heavy atom. The lowest BCUT2D eigenvalue weighted by molar-refractivity contribution is 0.297. The molecule has 4 nitrogen and oxygen atoms in total. The van der Waals surface area contributed by atoms with E-state index in [0.29, 0.717) is 23.9 Å². The van der Waals surface area contributed by atoms with Gasteiger partial charge in [-0.1, -0.05) is 25.3 Å². The molecule has 0 amide bonds. The lowest BCUT2D eigenvalue weighted by atomic mass is 9.83. The number of sulfonamides is 1. The molecule has 5 heteroatoms. The topological polar surface area (TPSA) is 72.2 Å². The van der Waals surface area contributed by atoms with Crippen LogP contribution < -0.4 is 10.5 Å². The Kier molecular flexibility index (Phi) is 4.83. The Balaban J connectivity index is 2.13. The molecule has 0 spiro atoms. The molecule has 0 heterocycles. The van der Waals surface area contributed by atoms with Crippen LogP contribution >= 0.6 is 0 Å². The van der Waals surface area contributed by atoms with Crippen molar-refractivity contribution in [3.05, 3.63) is 28.8 Å². The van der Waals surface area contributed by atoms with Crippen LogP contribution in [0.25, 0.3) is 0 Å². The molecule has 112 valence electrons. The molecule has 0 aliphatic heterocycles. The van der Waals surface area contributed by atoms with Crippen molar-refractivity contribution in [1.82, 2.24) is 4.72 Å². The van der Waals surface area contributed by atoms with Crippen LogP contribution in [0.15, 0.2) is 17.0 Å². The van der Waals surface area contributed by atoms with Gasteiger partial charge >= 0.3 is 0 Å². The van der Waals surface area contributed by atoms with Gasteiger partial charge in [0, 0.05) is 13.1 Å². The minimum Gasteiger partial charge on any atom is -0.326 e. The van der Waals surface area contributed by atoms with Gasteiger partial charge in [0.25, 0.3) is 0 Å². The van der Waals surface area contributed by atoms with E-state index >= 15 is 0 Å². The smallest absolute Gasteiger partial charge is 0.240 e. The molecule has 1 saturated carbocycles. The first-order chi connectivity index (χ1) is 9.44. The van der Waals surface area contributed by atoms with Crippen LogP contribution in [0, 0.1) is 19.8 Å². The molecule has 1 aromatic carbocycles. The molecule has 1 aliphatic rings. The van der Waals surface area contributed by atoms with Gasteiger partial charge in [0.15, 0.2) is 0 Å². The van der Waals surface area contributed by atoms with Crippen molar-refractivity contribution in [1.29, 1.82) is 0 Å². The lowest BCUT2D eigenvalue weighted by Crippen LogP contribution is -2.28. The largest absolute Gasteiger partial charge is 0.326 e. The van der Waals surface area contributed by atoms with Gasteiger partial charge in [-0.2, -0.15) is 0 Å². The van der Waals surface area contributed by atoms with Crippen LogP contribution in [0.3, 0.4) is 0 Å². The van der Waals surface area contributed by atoms with E-state index in [2.05, 4.69) is 4.72 Å².